The highest BCUT2D eigenvalue weighted by Crippen LogP contribution is 2.71. The Morgan fingerprint density at radius 3 is 1.87 bits per heavy atom. The van der Waals surface area contributed by atoms with Crippen LogP contribution in [0.3, 0.4) is 0 Å². The van der Waals surface area contributed by atoms with Crippen LogP contribution in [-0.2, 0) is 0 Å². The lowest BCUT2D eigenvalue weighted by Crippen LogP contribution is -2.36. The van der Waals surface area contributed by atoms with E-state index in [-0.39, 0.29) is 18.3 Å². The molecule has 0 aromatic carbocycles. The molecule has 0 amide bonds. The molecule has 5 unspecified atom stereocenters. The third-order valence-electron chi connectivity index (χ3n) is 7.68. The van der Waals surface area contributed by atoms with Crippen LogP contribution >= 0.6 is 0 Å². The fourth-order valence-corrected chi connectivity index (χ4v) is 5.39. The van der Waals surface area contributed by atoms with Gasteiger partial charge in [-0.25, -0.2) is 0 Å². The van der Waals surface area contributed by atoms with Crippen molar-refractivity contribution in [1.82, 2.24) is 0 Å². The summed E-state index contributed by atoms with van der Waals surface area (Å²) in [6, 6.07) is 0. The van der Waals surface area contributed by atoms with Crippen LogP contribution < -0.4 is 0 Å². The van der Waals surface area contributed by atoms with E-state index in [1.54, 1.807) is 0 Å². The van der Waals surface area contributed by atoms with Gasteiger partial charge in [0.15, 0.2) is 0 Å². The van der Waals surface area contributed by atoms with Crippen LogP contribution in [0.1, 0.15) is 92.9 Å². The van der Waals surface area contributed by atoms with Crippen LogP contribution in [0.15, 0.2) is 12.7 Å². The number of fused-ring (bicyclic) bond motifs is 1. The second-order valence-corrected chi connectivity index (χ2v) is 10.4. The largest absolute Gasteiger partial charge is 0.394 e. The molecular weight excluding hydrogens is 402 g/mol. The van der Waals surface area contributed by atoms with Crippen molar-refractivity contribution in [1.29, 1.82) is 0 Å². The van der Waals surface area contributed by atoms with Crippen LogP contribution in [0.25, 0.3) is 0 Å². The van der Waals surface area contributed by atoms with Crippen molar-refractivity contribution in [2.75, 3.05) is 0 Å². The maximum atomic E-state index is 13.3. The fourth-order valence-electron chi connectivity index (χ4n) is 5.39. The summed E-state index contributed by atoms with van der Waals surface area (Å²) in [5.41, 5.74) is -0.679. The maximum Gasteiger partial charge on any atom is 0.394 e. The number of halogens is 6. The summed E-state index contributed by atoms with van der Waals surface area (Å²) in [7, 11) is 0. The lowest BCUT2D eigenvalue weighted by atomic mass is 9.64. The molecule has 0 saturated heterocycles. The van der Waals surface area contributed by atoms with Crippen molar-refractivity contribution in [3.05, 3.63) is 12.7 Å². The van der Waals surface area contributed by atoms with Crippen LogP contribution in [0, 0.1) is 34.0 Å². The van der Waals surface area contributed by atoms with Crippen LogP contribution in [-0.4, -0.2) is 12.4 Å². The molecule has 5 atom stereocenters. The molecule has 30 heavy (non-hydrogen) atoms. The highest BCUT2D eigenvalue weighted by Gasteiger charge is 2.71. The molecule has 3 rings (SSSR count). The van der Waals surface area contributed by atoms with E-state index in [4.69, 9.17) is 0 Å². The van der Waals surface area contributed by atoms with E-state index in [2.05, 4.69) is 27.4 Å². The van der Waals surface area contributed by atoms with Gasteiger partial charge >= 0.3 is 12.4 Å². The van der Waals surface area contributed by atoms with Crippen LogP contribution in [0.5, 0.6) is 0 Å². The van der Waals surface area contributed by atoms with Gasteiger partial charge in [0.2, 0.25) is 0 Å². The van der Waals surface area contributed by atoms with Gasteiger partial charge in [-0.05, 0) is 80.0 Å². The molecule has 3 fully saturated rings. The molecule has 0 aromatic heterocycles. The Hall–Kier alpha value is -0.680. The van der Waals surface area contributed by atoms with Gasteiger partial charge < -0.3 is 0 Å². The zero-order valence-electron chi connectivity index (χ0n) is 19.4. The number of allylic oxidation sites excluding steroid dienone is 1. The first-order valence-electron chi connectivity index (χ1n) is 11.3. The fraction of sp³-hybridized carbons (Fsp3) is 0.917. The molecule has 3 aliphatic rings. The minimum absolute atomic E-state index is 0.109. The second kappa shape index (κ2) is 9.44. The van der Waals surface area contributed by atoms with Gasteiger partial charge in [-0.2, -0.15) is 26.3 Å². The van der Waals surface area contributed by atoms with Gasteiger partial charge in [0.1, 0.15) is 0 Å². The first-order valence-corrected chi connectivity index (χ1v) is 11.3. The first-order chi connectivity index (χ1) is 13.5. The van der Waals surface area contributed by atoms with Crippen molar-refractivity contribution >= 4 is 0 Å². The average molecular weight is 443 g/mol. The van der Waals surface area contributed by atoms with Crippen molar-refractivity contribution in [2.45, 2.75) is 105 Å². The van der Waals surface area contributed by atoms with Gasteiger partial charge in [0.25, 0.3) is 0 Å². The minimum Gasteiger partial charge on any atom is -0.172 e. The van der Waals surface area contributed by atoms with Crippen LogP contribution in [0.4, 0.5) is 26.3 Å². The van der Waals surface area contributed by atoms with E-state index in [0.717, 1.165) is 31.6 Å². The monoisotopic (exact) mass is 442 g/mol. The summed E-state index contributed by atoms with van der Waals surface area (Å²) < 4.78 is 70.9. The lowest BCUT2D eigenvalue weighted by Gasteiger charge is -2.42. The summed E-state index contributed by atoms with van der Waals surface area (Å²) in [5, 5.41) is 0. The quantitative estimate of drug-likeness (QED) is 0.284. The SMILES string of the molecule is C=CCC(C)(CCC1CC1(C)C)C1CCC2(C(F)(F)F)CC2C1.CC.CC(F)(F)F. The molecule has 0 spiro atoms. The molecule has 0 nitrogen and oxygen atoms in total. The summed E-state index contributed by atoms with van der Waals surface area (Å²) in [4.78, 5) is 0. The van der Waals surface area contributed by atoms with Gasteiger partial charge in [-0.1, -0.05) is 40.7 Å². The Labute approximate surface area is 178 Å². The Kier molecular flexibility index (Phi) is 8.61. The second-order valence-electron chi connectivity index (χ2n) is 10.4. The molecule has 3 aliphatic carbocycles. The molecule has 3 saturated carbocycles. The third kappa shape index (κ3) is 6.91. The topological polar surface area (TPSA) is 0 Å². The minimum atomic E-state index is -4.00. The van der Waals surface area contributed by atoms with E-state index in [1.165, 1.54) is 12.8 Å². The first kappa shape index (κ1) is 27.4. The van der Waals surface area contributed by atoms with Gasteiger partial charge in [0.05, 0.1) is 5.41 Å². The molecule has 0 bridgehead atoms. The van der Waals surface area contributed by atoms with Crippen LogP contribution in [0.2, 0.25) is 0 Å². The average Bonchev–Trinajstić information content (AvgIpc) is 3.47. The smallest absolute Gasteiger partial charge is 0.172 e. The third-order valence-corrected chi connectivity index (χ3v) is 7.68. The normalized spacial score (nSPS) is 33.5. The molecule has 0 aromatic rings. The summed E-state index contributed by atoms with van der Waals surface area (Å²) >= 11 is 0. The summed E-state index contributed by atoms with van der Waals surface area (Å²) in [6.45, 7) is 15.1. The Balaban J connectivity index is 0.000000565. The molecule has 0 N–H and O–H groups in total. The highest BCUT2D eigenvalue weighted by molar-refractivity contribution is 5.12. The number of hydrogen-bond donors (Lipinski definition) is 0. The maximum absolute atomic E-state index is 13.3. The van der Waals surface area contributed by atoms with Crippen molar-refractivity contribution in [3.8, 4) is 0 Å². The van der Waals surface area contributed by atoms with Crippen molar-refractivity contribution in [3.63, 3.8) is 0 Å². The number of hydrogen-bond acceptors (Lipinski definition) is 0. The van der Waals surface area contributed by atoms with E-state index < -0.39 is 17.8 Å². The zero-order valence-corrected chi connectivity index (χ0v) is 19.4. The predicted octanol–water partition coefficient (Wildman–Crippen LogP) is 9.36. The predicted molar refractivity (Wildman–Crippen MR) is 111 cm³/mol. The van der Waals surface area contributed by atoms with Gasteiger partial charge in [0, 0.05) is 6.92 Å². The summed E-state index contributed by atoms with van der Waals surface area (Å²) in [6.07, 6.45) is 0.864. The van der Waals surface area contributed by atoms with E-state index in [1.807, 2.05) is 19.9 Å². The molecular formula is C24H40F6. The molecule has 0 radical (unpaired) electrons. The Morgan fingerprint density at radius 2 is 1.50 bits per heavy atom. The van der Waals surface area contributed by atoms with Crippen molar-refractivity contribution < 1.29 is 26.3 Å². The molecule has 0 heterocycles. The molecule has 178 valence electrons. The lowest BCUT2D eigenvalue weighted by molar-refractivity contribution is -0.201. The van der Waals surface area contributed by atoms with Crippen molar-refractivity contribution in [2.24, 2.45) is 34.0 Å². The van der Waals surface area contributed by atoms with E-state index >= 15 is 0 Å². The zero-order chi connectivity index (χ0) is 23.6. The Morgan fingerprint density at radius 1 is 1.00 bits per heavy atom. The number of alkyl halides is 6. The molecule has 0 aliphatic heterocycles. The Bertz CT molecular complexity index is 555. The van der Waals surface area contributed by atoms with E-state index in [9.17, 15) is 26.3 Å². The summed E-state index contributed by atoms with van der Waals surface area (Å²) in [5.74, 6) is 1.14. The highest BCUT2D eigenvalue weighted by atomic mass is 19.4. The standard InChI is InChI=1S/C20H31F3.C2H3F3.C2H6/c1-5-8-18(4,9-6-15-12-17(15,2)3)14-7-10-19(20(21,22)23)13-16(19)11-14;1-2(3,4)5;1-2/h5,14-16H,1,6-13H2,2-4H3;1H3;1-2H3. The van der Waals surface area contributed by atoms with Gasteiger partial charge in [-0.15, -0.1) is 6.58 Å². The number of rotatable bonds is 6. The van der Waals surface area contributed by atoms with Gasteiger partial charge in [-0.3, -0.25) is 0 Å². The molecule has 6 heteroatoms. The van der Waals surface area contributed by atoms with E-state index in [0.29, 0.717) is 24.2 Å².